The van der Waals surface area contributed by atoms with Crippen molar-refractivity contribution in [3.05, 3.63) is 23.5 Å². The molecule has 2 N–H and O–H groups in total. The molecule has 1 aromatic rings. The molecule has 0 fully saturated rings. The monoisotopic (exact) mass is 132 g/mol. The largest absolute Gasteiger partial charge is 0.397 e. The van der Waals surface area contributed by atoms with Gasteiger partial charge in [0.25, 0.3) is 0 Å². The fourth-order valence-electron chi connectivity index (χ4n) is 0.687. The SMILES string of the molecule is C#Cc1cncc(N)c1C. The zero-order valence-electron chi connectivity index (χ0n) is 5.76. The van der Waals surface area contributed by atoms with Crippen molar-refractivity contribution in [3.8, 4) is 12.3 Å². The van der Waals surface area contributed by atoms with Crippen LogP contribution >= 0.6 is 0 Å². The number of anilines is 1. The molecule has 0 bridgehead atoms. The van der Waals surface area contributed by atoms with E-state index in [9.17, 15) is 0 Å². The van der Waals surface area contributed by atoms with Crippen molar-refractivity contribution in [1.82, 2.24) is 4.98 Å². The highest BCUT2D eigenvalue weighted by Crippen LogP contribution is 2.11. The molecule has 0 unspecified atom stereocenters. The third kappa shape index (κ3) is 0.939. The number of nitrogen functional groups attached to an aromatic ring is 1. The van der Waals surface area contributed by atoms with Crippen LogP contribution in [0.5, 0.6) is 0 Å². The maximum atomic E-state index is 5.54. The van der Waals surface area contributed by atoms with Crippen molar-refractivity contribution in [1.29, 1.82) is 0 Å². The summed E-state index contributed by atoms with van der Waals surface area (Å²) >= 11 is 0. The van der Waals surface area contributed by atoms with Crippen molar-refractivity contribution < 1.29 is 0 Å². The maximum absolute atomic E-state index is 5.54. The Kier molecular flexibility index (Phi) is 1.59. The van der Waals surface area contributed by atoms with E-state index >= 15 is 0 Å². The Bertz CT molecular complexity index is 284. The second-order valence-corrected chi connectivity index (χ2v) is 2.05. The third-order valence-corrected chi connectivity index (χ3v) is 1.41. The van der Waals surface area contributed by atoms with Gasteiger partial charge in [-0.05, 0) is 12.5 Å². The number of hydrogen-bond acceptors (Lipinski definition) is 2. The number of pyridine rings is 1. The molecule has 0 atom stereocenters. The number of aromatic nitrogens is 1. The predicted molar refractivity (Wildman–Crippen MR) is 41.3 cm³/mol. The van der Waals surface area contributed by atoms with Gasteiger partial charge in [-0.2, -0.15) is 0 Å². The van der Waals surface area contributed by atoms with Crippen molar-refractivity contribution in [2.45, 2.75) is 6.92 Å². The summed E-state index contributed by atoms with van der Waals surface area (Å²) in [6.07, 6.45) is 8.40. The molecule has 0 saturated carbocycles. The van der Waals surface area contributed by atoms with Crippen LogP contribution in [0.25, 0.3) is 0 Å². The maximum Gasteiger partial charge on any atom is 0.0542 e. The van der Waals surface area contributed by atoms with Crippen LogP contribution in [0.15, 0.2) is 12.4 Å². The van der Waals surface area contributed by atoms with Crippen LogP contribution in [-0.2, 0) is 0 Å². The summed E-state index contributed by atoms with van der Waals surface area (Å²) in [5.74, 6) is 2.49. The Morgan fingerprint density at radius 1 is 1.60 bits per heavy atom. The van der Waals surface area contributed by atoms with Crippen LogP contribution in [-0.4, -0.2) is 4.98 Å². The highest BCUT2D eigenvalue weighted by atomic mass is 14.7. The second kappa shape index (κ2) is 2.40. The van der Waals surface area contributed by atoms with E-state index in [1.54, 1.807) is 12.4 Å². The quantitative estimate of drug-likeness (QED) is 0.534. The third-order valence-electron chi connectivity index (χ3n) is 1.41. The summed E-state index contributed by atoms with van der Waals surface area (Å²) in [5, 5.41) is 0. The molecule has 2 nitrogen and oxygen atoms in total. The van der Waals surface area contributed by atoms with Gasteiger partial charge in [0.1, 0.15) is 0 Å². The standard InChI is InChI=1S/C8H8N2/c1-3-7-4-10-5-8(9)6(7)2/h1,4-5H,9H2,2H3. The Morgan fingerprint density at radius 2 is 2.30 bits per heavy atom. The van der Waals surface area contributed by atoms with Gasteiger partial charge < -0.3 is 5.73 Å². The lowest BCUT2D eigenvalue weighted by Crippen LogP contribution is -1.93. The van der Waals surface area contributed by atoms with Crippen LogP contribution in [0.2, 0.25) is 0 Å². The number of nitrogens with zero attached hydrogens (tertiary/aromatic N) is 1. The topological polar surface area (TPSA) is 38.9 Å². The van der Waals surface area contributed by atoms with E-state index in [0.717, 1.165) is 11.1 Å². The second-order valence-electron chi connectivity index (χ2n) is 2.05. The first-order valence-electron chi connectivity index (χ1n) is 2.92. The summed E-state index contributed by atoms with van der Waals surface area (Å²) in [6, 6.07) is 0. The summed E-state index contributed by atoms with van der Waals surface area (Å²) in [4.78, 5) is 3.85. The summed E-state index contributed by atoms with van der Waals surface area (Å²) < 4.78 is 0. The molecule has 0 saturated heterocycles. The lowest BCUT2D eigenvalue weighted by molar-refractivity contribution is 1.27. The molecule has 2 heteroatoms. The minimum absolute atomic E-state index is 0.649. The van der Waals surface area contributed by atoms with Crippen LogP contribution in [0.4, 0.5) is 5.69 Å². The molecule has 0 radical (unpaired) electrons. The molecule has 1 heterocycles. The van der Waals surface area contributed by atoms with Gasteiger partial charge in [0.2, 0.25) is 0 Å². The molecular formula is C8H8N2. The first kappa shape index (κ1) is 6.63. The normalized spacial score (nSPS) is 8.80. The smallest absolute Gasteiger partial charge is 0.0542 e. The highest BCUT2D eigenvalue weighted by molar-refractivity contribution is 5.52. The van der Waals surface area contributed by atoms with E-state index in [2.05, 4.69) is 10.9 Å². The van der Waals surface area contributed by atoms with Gasteiger partial charge in [0, 0.05) is 11.8 Å². The van der Waals surface area contributed by atoms with Crippen LogP contribution in [0.3, 0.4) is 0 Å². The molecule has 0 amide bonds. The molecule has 1 rings (SSSR count). The van der Waals surface area contributed by atoms with Crippen molar-refractivity contribution in [2.24, 2.45) is 0 Å². The van der Waals surface area contributed by atoms with E-state index in [1.807, 2.05) is 6.92 Å². The minimum Gasteiger partial charge on any atom is -0.397 e. The van der Waals surface area contributed by atoms with E-state index in [-0.39, 0.29) is 0 Å². The Morgan fingerprint density at radius 3 is 2.80 bits per heavy atom. The zero-order valence-corrected chi connectivity index (χ0v) is 5.76. The fraction of sp³-hybridized carbons (Fsp3) is 0.125. The first-order chi connectivity index (χ1) is 4.75. The minimum atomic E-state index is 0.649. The summed E-state index contributed by atoms with van der Waals surface area (Å²) in [5.41, 5.74) is 7.88. The van der Waals surface area contributed by atoms with Gasteiger partial charge in [-0.15, -0.1) is 6.42 Å². The molecule has 10 heavy (non-hydrogen) atoms. The van der Waals surface area contributed by atoms with E-state index < -0.39 is 0 Å². The van der Waals surface area contributed by atoms with Crippen LogP contribution < -0.4 is 5.73 Å². The van der Waals surface area contributed by atoms with E-state index in [4.69, 9.17) is 12.2 Å². The van der Waals surface area contributed by atoms with Crippen LogP contribution in [0.1, 0.15) is 11.1 Å². The lowest BCUT2D eigenvalue weighted by Gasteiger charge is -1.99. The highest BCUT2D eigenvalue weighted by Gasteiger charge is 1.96. The molecule has 1 aromatic heterocycles. The van der Waals surface area contributed by atoms with E-state index in [0.29, 0.717) is 5.69 Å². The van der Waals surface area contributed by atoms with Gasteiger partial charge in [0.05, 0.1) is 11.9 Å². The fourth-order valence-corrected chi connectivity index (χ4v) is 0.687. The van der Waals surface area contributed by atoms with Gasteiger partial charge in [-0.3, -0.25) is 4.98 Å². The van der Waals surface area contributed by atoms with Crippen molar-refractivity contribution in [3.63, 3.8) is 0 Å². The Labute approximate surface area is 60.1 Å². The Balaban J connectivity index is 3.31. The molecule has 0 aliphatic rings. The number of nitrogens with two attached hydrogens (primary N) is 1. The molecular weight excluding hydrogens is 124 g/mol. The molecule has 0 spiro atoms. The number of rotatable bonds is 0. The predicted octanol–water partition coefficient (Wildman–Crippen LogP) is 0.954. The average molecular weight is 132 g/mol. The zero-order chi connectivity index (χ0) is 7.56. The van der Waals surface area contributed by atoms with Gasteiger partial charge in [-0.25, -0.2) is 0 Å². The number of terminal acetylenes is 1. The van der Waals surface area contributed by atoms with Gasteiger partial charge in [0.15, 0.2) is 0 Å². The Hall–Kier alpha value is -1.49. The summed E-state index contributed by atoms with van der Waals surface area (Å²) in [6.45, 7) is 1.88. The molecule has 0 aliphatic heterocycles. The molecule has 0 aromatic carbocycles. The van der Waals surface area contributed by atoms with Gasteiger partial charge >= 0.3 is 0 Å². The first-order valence-corrected chi connectivity index (χ1v) is 2.92. The van der Waals surface area contributed by atoms with E-state index in [1.165, 1.54) is 0 Å². The lowest BCUT2D eigenvalue weighted by atomic mass is 10.1. The number of hydrogen-bond donors (Lipinski definition) is 1. The van der Waals surface area contributed by atoms with Gasteiger partial charge in [-0.1, -0.05) is 5.92 Å². The average Bonchev–Trinajstić information content (AvgIpc) is 1.95. The summed E-state index contributed by atoms with van der Waals surface area (Å²) in [7, 11) is 0. The van der Waals surface area contributed by atoms with Crippen molar-refractivity contribution in [2.75, 3.05) is 5.73 Å². The molecule has 50 valence electrons. The van der Waals surface area contributed by atoms with Crippen molar-refractivity contribution >= 4 is 5.69 Å². The van der Waals surface area contributed by atoms with Crippen LogP contribution in [0, 0.1) is 19.3 Å². The molecule has 0 aliphatic carbocycles.